The molecule has 2 heterocycles. The topological polar surface area (TPSA) is 35.2 Å². The molecule has 0 amide bonds. The van der Waals surface area contributed by atoms with Gasteiger partial charge < -0.3 is 10.5 Å². The van der Waals surface area contributed by atoms with E-state index in [0.717, 1.165) is 24.6 Å². The van der Waals surface area contributed by atoms with E-state index in [4.69, 9.17) is 10.5 Å². The summed E-state index contributed by atoms with van der Waals surface area (Å²) >= 11 is 1.64. The van der Waals surface area contributed by atoms with Crippen molar-refractivity contribution in [1.82, 2.24) is 0 Å². The third-order valence-electron chi connectivity index (χ3n) is 1.66. The Morgan fingerprint density at radius 1 is 1.60 bits per heavy atom. The summed E-state index contributed by atoms with van der Waals surface area (Å²) in [6.45, 7) is 1.61. The highest BCUT2D eigenvalue weighted by atomic mass is 32.1. The Morgan fingerprint density at radius 2 is 2.50 bits per heavy atom. The van der Waals surface area contributed by atoms with Crippen molar-refractivity contribution < 1.29 is 4.74 Å². The number of fused-ring (bicyclic) bond motifs is 1. The molecule has 3 heteroatoms. The van der Waals surface area contributed by atoms with E-state index in [1.807, 2.05) is 0 Å². The number of nitrogen functional groups attached to an aromatic ring is 1. The fraction of sp³-hybridized carbons (Fsp3) is 0.429. The summed E-state index contributed by atoms with van der Waals surface area (Å²) in [5.74, 6) is 0. The fourth-order valence-electron chi connectivity index (χ4n) is 1.17. The van der Waals surface area contributed by atoms with Crippen LogP contribution < -0.4 is 5.73 Å². The van der Waals surface area contributed by atoms with Crippen LogP contribution in [-0.2, 0) is 17.8 Å². The van der Waals surface area contributed by atoms with Crippen LogP contribution in [0.4, 0.5) is 5.00 Å². The molecule has 0 saturated heterocycles. The molecule has 1 aliphatic heterocycles. The van der Waals surface area contributed by atoms with Crippen molar-refractivity contribution in [3.63, 3.8) is 0 Å². The number of hydrogen-bond donors (Lipinski definition) is 1. The van der Waals surface area contributed by atoms with E-state index in [1.54, 1.807) is 11.3 Å². The standard InChI is InChI=1S/C7H9NOS/c8-7-3-5-1-2-9-4-6(5)10-7/h3H,1-2,4,8H2. The van der Waals surface area contributed by atoms with Gasteiger partial charge in [0, 0.05) is 4.88 Å². The predicted molar refractivity (Wildman–Crippen MR) is 42.1 cm³/mol. The summed E-state index contributed by atoms with van der Waals surface area (Å²) in [4.78, 5) is 1.31. The molecule has 0 fully saturated rings. The molecule has 0 bridgehead atoms. The number of nitrogens with two attached hydrogens (primary N) is 1. The van der Waals surface area contributed by atoms with E-state index in [9.17, 15) is 0 Å². The maximum absolute atomic E-state index is 5.62. The summed E-state index contributed by atoms with van der Waals surface area (Å²) in [6.07, 6.45) is 1.03. The zero-order valence-corrected chi connectivity index (χ0v) is 6.41. The van der Waals surface area contributed by atoms with E-state index < -0.39 is 0 Å². The largest absolute Gasteiger partial charge is 0.391 e. The summed E-state index contributed by atoms with van der Waals surface area (Å²) in [5.41, 5.74) is 7.00. The van der Waals surface area contributed by atoms with Gasteiger partial charge in [0.1, 0.15) is 0 Å². The Kier molecular flexibility index (Phi) is 1.39. The first-order valence-corrected chi connectivity index (χ1v) is 4.13. The van der Waals surface area contributed by atoms with Gasteiger partial charge in [0.25, 0.3) is 0 Å². The van der Waals surface area contributed by atoms with Crippen LogP contribution in [0.2, 0.25) is 0 Å². The van der Waals surface area contributed by atoms with Crippen LogP contribution in [0.1, 0.15) is 10.4 Å². The molecule has 0 atom stereocenters. The maximum Gasteiger partial charge on any atom is 0.0862 e. The molecule has 0 unspecified atom stereocenters. The Labute approximate surface area is 63.6 Å². The van der Waals surface area contributed by atoms with Crippen molar-refractivity contribution in [2.24, 2.45) is 0 Å². The minimum atomic E-state index is 0.761. The maximum atomic E-state index is 5.62. The lowest BCUT2D eigenvalue weighted by Gasteiger charge is -2.10. The minimum Gasteiger partial charge on any atom is -0.391 e. The lowest BCUT2D eigenvalue weighted by atomic mass is 10.2. The highest BCUT2D eigenvalue weighted by Crippen LogP contribution is 2.28. The smallest absolute Gasteiger partial charge is 0.0862 e. The van der Waals surface area contributed by atoms with Crippen LogP contribution >= 0.6 is 11.3 Å². The van der Waals surface area contributed by atoms with Crippen molar-refractivity contribution in [2.45, 2.75) is 13.0 Å². The van der Waals surface area contributed by atoms with E-state index in [-0.39, 0.29) is 0 Å². The summed E-state index contributed by atoms with van der Waals surface area (Å²) in [7, 11) is 0. The Bertz CT molecular complexity index is 220. The molecule has 0 radical (unpaired) electrons. The second kappa shape index (κ2) is 2.25. The second-order valence-electron chi connectivity index (χ2n) is 2.40. The van der Waals surface area contributed by atoms with Crippen molar-refractivity contribution in [3.05, 3.63) is 16.5 Å². The van der Waals surface area contributed by atoms with Crippen LogP contribution in [-0.4, -0.2) is 6.61 Å². The molecule has 2 nitrogen and oxygen atoms in total. The Morgan fingerprint density at radius 3 is 3.30 bits per heavy atom. The molecule has 54 valence electrons. The summed E-state index contributed by atoms with van der Waals surface area (Å²) in [6, 6.07) is 2.06. The van der Waals surface area contributed by atoms with Crippen LogP contribution in [0, 0.1) is 0 Å². The first-order chi connectivity index (χ1) is 4.86. The molecular weight excluding hydrogens is 146 g/mol. The highest BCUT2D eigenvalue weighted by molar-refractivity contribution is 7.16. The number of hydrogen-bond acceptors (Lipinski definition) is 3. The van der Waals surface area contributed by atoms with Gasteiger partial charge in [-0.3, -0.25) is 0 Å². The third-order valence-corrected chi connectivity index (χ3v) is 2.64. The first-order valence-electron chi connectivity index (χ1n) is 3.31. The van der Waals surface area contributed by atoms with E-state index in [1.165, 1.54) is 10.4 Å². The Balaban J connectivity index is 2.41. The average Bonchev–Trinajstić information content (AvgIpc) is 2.27. The van der Waals surface area contributed by atoms with Crippen LogP contribution in [0.15, 0.2) is 6.07 Å². The average molecular weight is 155 g/mol. The second-order valence-corrected chi connectivity index (χ2v) is 3.57. The lowest BCUT2D eigenvalue weighted by Crippen LogP contribution is -2.05. The quantitative estimate of drug-likeness (QED) is 0.614. The molecular formula is C7H9NOS. The zero-order valence-electron chi connectivity index (χ0n) is 5.59. The molecule has 2 N–H and O–H groups in total. The van der Waals surface area contributed by atoms with E-state index in [0.29, 0.717) is 0 Å². The number of anilines is 1. The highest BCUT2D eigenvalue weighted by Gasteiger charge is 2.11. The molecule has 0 aliphatic carbocycles. The minimum absolute atomic E-state index is 0.761. The van der Waals surface area contributed by atoms with Crippen LogP contribution in [0.25, 0.3) is 0 Å². The van der Waals surface area contributed by atoms with Crippen LogP contribution in [0.5, 0.6) is 0 Å². The molecule has 0 aromatic carbocycles. The lowest BCUT2D eigenvalue weighted by molar-refractivity contribution is 0.113. The van der Waals surface area contributed by atoms with Crippen molar-refractivity contribution in [2.75, 3.05) is 12.3 Å². The van der Waals surface area contributed by atoms with Gasteiger partial charge in [0.15, 0.2) is 0 Å². The van der Waals surface area contributed by atoms with Gasteiger partial charge >= 0.3 is 0 Å². The Hall–Kier alpha value is -0.540. The monoisotopic (exact) mass is 155 g/mol. The molecule has 2 rings (SSSR count). The first kappa shape index (κ1) is 6.19. The summed E-state index contributed by atoms with van der Waals surface area (Å²) < 4.78 is 5.26. The summed E-state index contributed by atoms with van der Waals surface area (Å²) in [5, 5.41) is 0.913. The molecule has 1 aromatic rings. The number of thiophene rings is 1. The van der Waals surface area contributed by atoms with Gasteiger partial charge in [-0.2, -0.15) is 0 Å². The van der Waals surface area contributed by atoms with E-state index in [2.05, 4.69) is 6.07 Å². The molecule has 0 spiro atoms. The van der Waals surface area contributed by atoms with Crippen molar-refractivity contribution in [1.29, 1.82) is 0 Å². The van der Waals surface area contributed by atoms with Gasteiger partial charge in [-0.15, -0.1) is 11.3 Å². The van der Waals surface area contributed by atoms with Gasteiger partial charge in [-0.05, 0) is 18.1 Å². The number of rotatable bonds is 0. The predicted octanol–water partition coefficient (Wildman–Crippen LogP) is 1.40. The van der Waals surface area contributed by atoms with Gasteiger partial charge in [0.05, 0.1) is 18.2 Å². The molecule has 10 heavy (non-hydrogen) atoms. The number of ether oxygens (including phenoxy) is 1. The van der Waals surface area contributed by atoms with Crippen molar-refractivity contribution in [3.8, 4) is 0 Å². The third kappa shape index (κ3) is 0.914. The van der Waals surface area contributed by atoms with Crippen LogP contribution in [0.3, 0.4) is 0 Å². The SMILES string of the molecule is Nc1cc2c(s1)COCC2. The molecule has 0 saturated carbocycles. The zero-order chi connectivity index (χ0) is 6.97. The van der Waals surface area contributed by atoms with Gasteiger partial charge in [-0.1, -0.05) is 0 Å². The van der Waals surface area contributed by atoms with Gasteiger partial charge in [0.2, 0.25) is 0 Å². The normalized spacial score (nSPS) is 16.8. The molecule has 1 aliphatic rings. The van der Waals surface area contributed by atoms with Gasteiger partial charge in [-0.25, -0.2) is 0 Å². The van der Waals surface area contributed by atoms with E-state index >= 15 is 0 Å². The fourth-order valence-corrected chi connectivity index (χ4v) is 2.09. The van der Waals surface area contributed by atoms with Crippen molar-refractivity contribution >= 4 is 16.3 Å². The molecule has 1 aromatic heterocycles.